The van der Waals surface area contributed by atoms with Crippen molar-refractivity contribution in [3.05, 3.63) is 81.9 Å². The fourth-order valence-corrected chi connectivity index (χ4v) is 3.49. The van der Waals surface area contributed by atoms with E-state index in [2.05, 4.69) is 42.4 Å². The van der Waals surface area contributed by atoms with Crippen LogP contribution in [0.5, 0.6) is 11.8 Å². The molecular formula is C24H15ClN6O3. The molecule has 9 nitrogen and oxygen atoms in total. The van der Waals surface area contributed by atoms with E-state index < -0.39 is 5.97 Å². The zero-order chi connectivity index (χ0) is 23.7. The van der Waals surface area contributed by atoms with Crippen molar-refractivity contribution in [1.82, 2.24) is 30.6 Å². The first kappa shape index (κ1) is 21.2. The minimum atomic E-state index is -1.02. The molecule has 0 aliphatic carbocycles. The molecule has 0 saturated heterocycles. The number of nitrogens with one attached hydrogen (secondary N) is 2. The third kappa shape index (κ3) is 4.30. The number of carbonyl (C=O) groups is 1. The van der Waals surface area contributed by atoms with Gasteiger partial charge in [-0.05, 0) is 66.2 Å². The largest absolute Gasteiger partial charge is 0.478 e. The van der Waals surface area contributed by atoms with Crippen LogP contribution in [0.3, 0.4) is 0 Å². The van der Waals surface area contributed by atoms with Crippen LogP contribution in [0.1, 0.15) is 27.0 Å². The molecule has 5 rings (SSSR count). The van der Waals surface area contributed by atoms with E-state index in [9.17, 15) is 9.90 Å². The Morgan fingerprint density at radius 2 is 1.91 bits per heavy atom. The number of carboxylic acids is 1. The van der Waals surface area contributed by atoms with Gasteiger partial charge in [-0.3, -0.25) is 0 Å². The van der Waals surface area contributed by atoms with Gasteiger partial charge in [0.2, 0.25) is 5.82 Å². The van der Waals surface area contributed by atoms with E-state index in [0.29, 0.717) is 38.8 Å². The molecule has 2 aromatic heterocycles. The molecule has 0 atom stereocenters. The maximum absolute atomic E-state index is 11.4. The number of H-pyrrole nitrogens is 2. The first-order chi connectivity index (χ1) is 16.5. The summed E-state index contributed by atoms with van der Waals surface area (Å²) in [5, 5.41) is 23.6. The molecule has 34 heavy (non-hydrogen) atoms. The van der Waals surface area contributed by atoms with Crippen molar-refractivity contribution in [2.45, 2.75) is 6.92 Å². The van der Waals surface area contributed by atoms with Gasteiger partial charge in [-0.1, -0.05) is 29.5 Å². The van der Waals surface area contributed by atoms with Gasteiger partial charge in [-0.2, -0.15) is 10.2 Å². The Kier molecular flexibility index (Phi) is 5.41. The van der Waals surface area contributed by atoms with Gasteiger partial charge in [0, 0.05) is 16.7 Å². The zero-order valence-corrected chi connectivity index (χ0v) is 18.4. The second-order valence-electron chi connectivity index (χ2n) is 7.34. The summed E-state index contributed by atoms with van der Waals surface area (Å²) in [6.07, 6.45) is 0. The SMILES string of the molecule is Cc1ccc(Oc2nc3cc(Cl)c(C#Cc4ccc(-c5nn[nH]n5)cc4)cc3[nH]2)cc1C(=O)O. The minimum absolute atomic E-state index is 0.166. The summed E-state index contributed by atoms with van der Waals surface area (Å²) in [6, 6.07) is 16.0. The van der Waals surface area contributed by atoms with Crippen LogP contribution in [0.2, 0.25) is 5.02 Å². The maximum atomic E-state index is 11.4. The molecule has 0 aliphatic rings. The summed E-state index contributed by atoms with van der Waals surface area (Å²) in [7, 11) is 0. The number of halogens is 1. The topological polar surface area (TPSA) is 130 Å². The van der Waals surface area contributed by atoms with Crippen molar-refractivity contribution in [2.24, 2.45) is 0 Å². The smallest absolute Gasteiger partial charge is 0.336 e. The summed E-state index contributed by atoms with van der Waals surface area (Å²) in [4.78, 5) is 18.8. The summed E-state index contributed by atoms with van der Waals surface area (Å²) >= 11 is 6.42. The Bertz CT molecular complexity index is 1580. The van der Waals surface area contributed by atoms with Crippen LogP contribution in [0.25, 0.3) is 22.4 Å². The highest BCUT2D eigenvalue weighted by molar-refractivity contribution is 6.32. The van der Waals surface area contributed by atoms with Gasteiger partial charge < -0.3 is 14.8 Å². The molecule has 0 aliphatic heterocycles. The molecule has 0 unspecified atom stereocenters. The summed E-state index contributed by atoms with van der Waals surface area (Å²) in [5.41, 5.74) is 4.33. The average molecular weight is 471 g/mol. The van der Waals surface area contributed by atoms with Gasteiger partial charge in [0.25, 0.3) is 6.01 Å². The molecule has 0 bridgehead atoms. The van der Waals surface area contributed by atoms with Gasteiger partial charge in [0.15, 0.2) is 0 Å². The fraction of sp³-hybridized carbons (Fsp3) is 0.0417. The van der Waals surface area contributed by atoms with E-state index in [1.165, 1.54) is 6.07 Å². The standard InChI is InChI=1S/C24H15ClN6O3/c1-13-2-9-17(11-18(13)23(32)33)34-24-26-20-10-16(19(25)12-21(20)27-24)8-5-14-3-6-15(7-4-14)22-28-30-31-29-22/h2-4,6-7,9-12H,1H3,(H,26,27)(H,32,33)(H,28,29,30,31). The molecule has 166 valence electrons. The number of hydrogen-bond donors (Lipinski definition) is 3. The van der Waals surface area contributed by atoms with Crippen molar-refractivity contribution in [3.8, 4) is 35.0 Å². The van der Waals surface area contributed by atoms with E-state index in [1.807, 2.05) is 24.3 Å². The molecule has 3 N–H and O–H groups in total. The van der Waals surface area contributed by atoms with E-state index in [-0.39, 0.29) is 11.6 Å². The van der Waals surface area contributed by atoms with E-state index in [1.54, 1.807) is 31.2 Å². The predicted octanol–water partition coefficient (Wildman–Crippen LogP) is 4.60. The monoisotopic (exact) mass is 470 g/mol. The lowest BCUT2D eigenvalue weighted by atomic mass is 10.1. The summed E-state index contributed by atoms with van der Waals surface area (Å²) < 4.78 is 5.73. The van der Waals surface area contributed by atoms with Gasteiger partial charge in [-0.25, -0.2) is 4.79 Å². The van der Waals surface area contributed by atoms with Crippen LogP contribution in [0.15, 0.2) is 54.6 Å². The number of hydrogen-bond acceptors (Lipinski definition) is 6. The number of aromatic amines is 2. The molecule has 2 heterocycles. The number of ether oxygens (including phenoxy) is 1. The molecule has 5 aromatic rings. The minimum Gasteiger partial charge on any atom is -0.478 e. The lowest BCUT2D eigenvalue weighted by Gasteiger charge is -2.05. The number of aromatic nitrogens is 6. The third-order valence-electron chi connectivity index (χ3n) is 5.03. The number of aryl methyl sites for hydroxylation is 1. The van der Waals surface area contributed by atoms with Crippen LogP contribution in [0, 0.1) is 18.8 Å². The number of nitrogens with zero attached hydrogens (tertiary/aromatic N) is 4. The summed E-state index contributed by atoms with van der Waals surface area (Å²) in [5.74, 6) is 6.01. The number of fused-ring (bicyclic) bond motifs is 1. The van der Waals surface area contributed by atoms with Gasteiger partial charge in [0.1, 0.15) is 5.75 Å². The van der Waals surface area contributed by atoms with Crippen LogP contribution >= 0.6 is 11.6 Å². The van der Waals surface area contributed by atoms with E-state index >= 15 is 0 Å². The second kappa shape index (κ2) is 8.69. The molecule has 0 spiro atoms. The third-order valence-corrected chi connectivity index (χ3v) is 5.35. The Labute approximate surface area is 197 Å². The van der Waals surface area contributed by atoms with Crippen LogP contribution in [0.4, 0.5) is 0 Å². The molecule has 0 saturated carbocycles. The average Bonchev–Trinajstić information content (AvgIpc) is 3.49. The van der Waals surface area contributed by atoms with Crippen molar-refractivity contribution in [3.63, 3.8) is 0 Å². The number of carboxylic acid groups (broad SMARTS) is 1. The first-order valence-corrected chi connectivity index (χ1v) is 10.4. The van der Waals surface area contributed by atoms with Crippen LogP contribution < -0.4 is 4.74 Å². The Morgan fingerprint density at radius 1 is 1.09 bits per heavy atom. The maximum Gasteiger partial charge on any atom is 0.336 e. The highest BCUT2D eigenvalue weighted by atomic mass is 35.5. The van der Waals surface area contributed by atoms with Gasteiger partial charge >= 0.3 is 5.97 Å². The lowest BCUT2D eigenvalue weighted by Crippen LogP contribution is -2.00. The lowest BCUT2D eigenvalue weighted by molar-refractivity contribution is 0.0695. The number of imidazole rings is 1. The summed E-state index contributed by atoms with van der Waals surface area (Å²) in [6.45, 7) is 1.72. The molecule has 10 heteroatoms. The quantitative estimate of drug-likeness (QED) is 0.327. The van der Waals surface area contributed by atoms with Gasteiger partial charge in [-0.15, -0.1) is 10.2 Å². The first-order valence-electron chi connectivity index (χ1n) is 10.0. The van der Waals surface area contributed by atoms with Crippen LogP contribution in [-0.2, 0) is 0 Å². The second-order valence-corrected chi connectivity index (χ2v) is 7.75. The highest BCUT2D eigenvalue weighted by Crippen LogP contribution is 2.27. The molecule has 0 amide bonds. The Morgan fingerprint density at radius 3 is 2.65 bits per heavy atom. The molecule has 3 aromatic carbocycles. The molecule has 0 fully saturated rings. The van der Waals surface area contributed by atoms with Crippen LogP contribution in [-0.4, -0.2) is 41.7 Å². The molecule has 0 radical (unpaired) electrons. The van der Waals surface area contributed by atoms with Crippen molar-refractivity contribution >= 4 is 28.6 Å². The van der Waals surface area contributed by atoms with Crippen molar-refractivity contribution in [2.75, 3.05) is 0 Å². The normalized spacial score (nSPS) is 10.6. The van der Waals surface area contributed by atoms with E-state index in [0.717, 1.165) is 11.1 Å². The molecular weight excluding hydrogens is 456 g/mol. The number of benzene rings is 3. The Hall–Kier alpha value is -4.68. The zero-order valence-electron chi connectivity index (χ0n) is 17.6. The van der Waals surface area contributed by atoms with E-state index in [4.69, 9.17) is 16.3 Å². The van der Waals surface area contributed by atoms with Gasteiger partial charge in [0.05, 0.1) is 21.6 Å². The predicted molar refractivity (Wildman–Crippen MR) is 125 cm³/mol. The van der Waals surface area contributed by atoms with Crippen molar-refractivity contribution < 1.29 is 14.6 Å². The van der Waals surface area contributed by atoms with Crippen molar-refractivity contribution in [1.29, 1.82) is 0 Å². The Balaban J connectivity index is 1.39. The number of rotatable bonds is 4. The number of aromatic carboxylic acids is 1. The number of tetrazole rings is 1. The fourth-order valence-electron chi connectivity index (χ4n) is 3.28. The highest BCUT2D eigenvalue weighted by Gasteiger charge is 2.12.